The maximum absolute atomic E-state index is 10.1. The van der Waals surface area contributed by atoms with E-state index in [2.05, 4.69) is 0 Å². The van der Waals surface area contributed by atoms with E-state index < -0.39 is 18.7 Å². The molecule has 0 aliphatic carbocycles. The summed E-state index contributed by atoms with van der Waals surface area (Å²) >= 11 is 0. The monoisotopic (exact) mass is 92.1 g/mol. The fourth-order valence-electron chi connectivity index (χ4n) is 0.107. The summed E-state index contributed by atoms with van der Waals surface area (Å²) < 4.78 is 27.0. The van der Waals surface area contributed by atoms with Gasteiger partial charge in [-0.3, -0.25) is 4.79 Å². The highest BCUT2D eigenvalue weighted by Gasteiger charge is 1.87. The molecule has 0 aliphatic heterocycles. The third kappa shape index (κ3) is 3.47. The first-order chi connectivity index (χ1) is 4.19. The van der Waals surface area contributed by atoms with Crippen LogP contribution in [0.3, 0.4) is 0 Å². The first kappa shape index (κ1) is 1.52. The molecule has 0 fully saturated rings. The van der Waals surface area contributed by atoms with Gasteiger partial charge in [-0.15, -0.1) is 0 Å². The average molecular weight is 92.1 g/mol. The van der Waals surface area contributed by atoms with Crippen LogP contribution in [0.5, 0.6) is 0 Å². The summed E-state index contributed by atoms with van der Waals surface area (Å²) in [6.07, 6.45) is -5.16. The van der Waals surface area contributed by atoms with E-state index in [0.717, 1.165) is 6.92 Å². The number of hydrogen-bond donors (Lipinski definition) is 1. The van der Waals surface area contributed by atoms with Crippen molar-refractivity contribution >= 4 is 5.97 Å². The summed E-state index contributed by atoms with van der Waals surface area (Å²) in [4.78, 5) is 10.1. The molecule has 6 heavy (non-hydrogen) atoms. The minimum atomic E-state index is -2.81. The number of carboxylic acid groups (broad SMARTS) is 1. The summed E-state index contributed by atoms with van der Waals surface area (Å²) in [5, 5.41) is 8.16. The third-order valence-electron chi connectivity index (χ3n) is 0.232. The summed E-state index contributed by atoms with van der Waals surface area (Å²) in [5.74, 6) is -1.78. The molecule has 2 heteroatoms. The van der Waals surface area contributed by atoms with Gasteiger partial charge in [-0.1, -0.05) is 6.92 Å². The molecule has 0 amide bonds. The van der Waals surface area contributed by atoms with Crippen LogP contribution in [-0.2, 0) is 4.79 Å². The molecule has 1 N–H and O–H groups in total. The Morgan fingerprint density at radius 2 is 2.67 bits per heavy atom. The van der Waals surface area contributed by atoms with Gasteiger partial charge < -0.3 is 5.11 Å². The lowest BCUT2D eigenvalue weighted by atomic mass is 10.4. The van der Waals surface area contributed by atoms with Gasteiger partial charge in [-0.25, -0.2) is 0 Å². The molecule has 36 valence electrons. The minimum absolute atomic E-state index is 0.890. The van der Waals surface area contributed by atoms with Crippen LogP contribution in [0.1, 0.15) is 25.2 Å². The molecule has 0 aromatic heterocycles. The molecule has 0 atom stereocenters. The molecule has 0 aromatic rings. The second kappa shape index (κ2) is 2.69. The zero-order chi connectivity index (χ0) is 8.58. The van der Waals surface area contributed by atoms with Crippen LogP contribution >= 0.6 is 0 Å². The fourth-order valence-corrected chi connectivity index (χ4v) is 0.107. The standard InChI is InChI=1S/C4H8O2/c1-2-3-4(5)6/h2-3H2,1H3,(H,5,6)/i2D2,3D2. The quantitative estimate of drug-likeness (QED) is 0.548. The Kier molecular flexibility index (Phi) is 0.684. The first-order valence-electron chi connectivity index (χ1n) is 3.43. The van der Waals surface area contributed by atoms with Gasteiger partial charge in [0.2, 0.25) is 0 Å². The maximum Gasteiger partial charge on any atom is 0.303 e. The predicted octanol–water partition coefficient (Wildman–Crippen LogP) is 0.871. The van der Waals surface area contributed by atoms with Crippen LogP contribution in [0, 0.1) is 0 Å². The van der Waals surface area contributed by atoms with E-state index in [0.29, 0.717) is 0 Å². The molecule has 0 spiro atoms. The molecule has 0 heterocycles. The van der Waals surface area contributed by atoms with Crippen molar-refractivity contribution in [1.29, 1.82) is 0 Å². The highest BCUT2D eigenvalue weighted by atomic mass is 16.4. The van der Waals surface area contributed by atoms with Crippen molar-refractivity contribution in [3.05, 3.63) is 0 Å². The smallest absolute Gasteiger partial charge is 0.303 e. The second-order valence-corrected chi connectivity index (χ2v) is 0.680. The Balaban J connectivity index is 4.57. The summed E-state index contributed by atoms with van der Waals surface area (Å²) in [5.41, 5.74) is 0. The third-order valence-corrected chi connectivity index (χ3v) is 0.232. The van der Waals surface area contributed by atoms with Gasteiger partial charge in [-0.2, -0.15) is 0 Å². The van der Waals surface area contributed by atoms with Gasteiger partial charge in [0.05, 0.1) is 0 Å². The van der Waals surface area contributed by atoms with Crippen molar-refractivity contribution in [2.45, 2.75) is 19.7 Å². The molecule has 2 nitrogen and oxygen atoms in total. The van der Waals surface area contributed by atoms with E-state index in [1.54, 1.807) is 0 Å². The number of carboxylic acids is 1. The van der Waals surface area contributed by atoms with Crippen molar-refractivity contribution in [2.24, 2.45) is 0 Å². The number of rotatable bonds is 2. The molecule has 0 bridgehead atoms. The van der Waals surface area contributed by atoms with Crippen LogP contribution in [0.4, 0.5) is 0 Å². The van der Waals surface area contributed by atoms with E-state index in [-0.39, 0.29) is 0 Å². The molecule has 0 radical (unpaired) electrons. The summed E-state index contributed by atoms with van der Waals surface area (Å²) in [7, 11) is 0. The van der Waals surface area contributed by atoms with E-state index >= 15 is 0 Å². The summed E-state index contributed by atoms with van der Waals surface area (Å²) in [6.45, 7) is 0.890. The first-order valence-corrected chi connectivity index (χ1v) is 1.43. The Bertz CT molecular complexity index is 148. The van der Waals surface area contributed by atoms with Crippen LogP contribution in [0.15, 0.2) is 0 Å². The van der Waals surface area contributed by atoms with Crippen LogP contribution in [-0.4, -0.2) is 11.1 Å². The fraction of sp³-hybridized carbons (Fsp3) is 0.750. The highest BCUT2D eigenvalue weighted by Crippen LogP contribution is 1.82. The molecule has 0 rings (SSSR count). The molecular formula is C4H8O2. The number of hydrogen-bond acceptors (Lipinski definition) is 1. The Hall–Kier alpha value is -0.530. The van der Waals surface area contributed by atoms with Gasteiger partial charge in [-0.05, 0) is 6.37 Å². The number of aliphatic carboxylic acids is 1. The van der Waals surface area contributed by atoms with Gasteiger partial charge in [0, 0.05) is 11.9 Å². The largest absolute Gasteiger partial charge is 0.481 e. The highest BCUT2D eigenvalue weighted by molar-refractivity contribution is 5.66. The molecule has 0 saturated carbocycles. The van der Waals surface area contributed by atoms with Crippen molar-refractivity contribution in [3.8, 4) is 0 Å². The van der Waals surface area contributed by atoms with Gasteiger partial charge >= 0.3 is 5.97 Å². The molecule has 0 aromatic carbocycles. The van der Waals surface area contributed by atoms with Gasteiger partial charge in [0.1, 0.15) is 0 Å². The zero-order valence-corrected chi connectivity index (χ0v) is 3.36. The van der Waals surface area contributed by atoms with Crippen molar-refractivity contribution in [2.75, 3.05) is 0 Å². The van der Waals surface area contributed by atoms with E-state index in [1.165, 1.54) is 0 Å². The SMILES string of the molecule is [2H]C([2H])(C)C([2H])([2H])C(=O)O. The number of carbonyl (C=O) groups is 1. The summed E-state index contributed by atoms with van der Waals surface area (Å²) in [6, 6.07) is 0. The lowest BCUT2D eigenvalue weighted by Crippen LogP contribution is -1.90. The van der Waals surface area contributed by atoms with Crippen molar-refractivity contribution in [3.63, 3.8) is 0 Å². The molecule has 0 aliphatic rings. The zero-order valence-electron chi connectivity index (χ0n) is 7.36. The lowest BCUT2D eigenvalue weighted by Gasteiger charge is -1.79. The molecule has 0 unspecified atom stereocenters. The van der Waals surface area contributed by atoms with E-state index in [4.69, 9.17) is 10.6 Å². The minimum Gasteiger partial charge on any atom is -0.481 e. The predicted molar refractivity (Wildman–Crippen MR) is 22.5 cm³/mol. The van der Waals surface area contributed by atoms with E-state index in [1.807, 2.05) is 0 Å². The molecular weight excluding hydrogens is 80.0 g/mol. The van der Waals surface area contributed by atoms with Gasteiger partial charge in [0.15, 0.2) is 0 Å². The maximum atomic E-state index is 10.1. The lowest BCUT2D eigenvalue weighted by molar-refractivity contribution is -0.137. The van der Waals surface area contributed by atoms with Gasteiger partial charge in [0.25, 0.3) is 0 Å². The normalized spacial score (nSPS) is 22.8. The van der Waals surface area contributed by atoms with E-state index in [9.17, 15) is 4.79 Å². The van der Waals surface area contributed by atoms with Crippen LogP contribution < -0.4 is 0 Å². The Labute approximate surface area is 42.4 Å². The van der Waals surface area contributed by atoms with Crippen LogP contribution in [0.25, 0.3) is 0 Å². The molecule has 0 saturated heterocycles. The Morgan fingerprint density at radius 1 is 2.17 bits per heavy atom. The average Bonchev–Trinajstić information content (AvgIpc) is 1.62. The topological polar surface area (TPSA) is 37.3 Å². The van der Waals surface area contributed by atoms with Crippen LogP contribution in [0.2, 0.25) is 0 Å². The second-order valence-electron chi connectivity index (χ2n) is 0.680. The van der Waals surface area contributed by atoms with Crippen molar-refractivity contribution < 1.29 is 15.4 Å². The van der Waals surface area contributed by atoms with Crippen molar-refractivity contribution in [1.82, 2.24) is 0 Å². The Morgan fingerprint density at radius 3 is 2.67 bits per heavy atom.